The highest BCUT2D eigenvalue weighted by molar-refractivity contribution is 7.52. The molecule has 1 saturated heterocycles. The maximum absolute atomic E-state index is 14.6. The molecular formula is C26H32ClF3N7O7P. The van der Waals surface area contributed by atoms with Gasteiger partial charge in [0.2, 0.25) is 10.8 Å². The molecule has 1 aromatic carbocycles. The molecule has 0 unspecified atom stereocenters. The second-order valence-corrected chi connectivity index (χ2v) is 13.3. The molecule has 2 aliphatic rings. The summed E-state index contributed by atoms with van der Waals surface area (Å²) in [7, 11) is -4.53. The van der Waals surface area contributed by atoms with E-state index in [0.29, 0.717) is 0 Å². The lowest BCUT2D eigenvalue weighted by molar-refractivity contribution is -0.195. The number of ether oxygens (including phenoxy) is 2. The van der Waals surface area contributed by atoms with Gasteiger partial charge < -0.3 is 30.2 Å². The number of anilines is 2. The first kappa shape index (κ1) is 33.2. The molecule has 3 heterocycles. The van der Waals surface area contributed by atoms with Crippen LogP contribution >= 0.6 is 19.3 Å². The quantitative estimate of drug-likeness (QED) is 0.123. The van der Waals surface area contributed by atoms with Crippen molar-refractivity contribution in [3.8, 4) is 5.75 Å². The number of carbonyl (C=O) groups is 1. The number of rotatable bonds is 12. The molecule has 2 aromatic heterocycles. The van der Waals surface area contributed by atoms with Crippen LogP contribution in [0.3, 0.4) is 0 Å². The number of aliphatic hydroxyl groups excluding tert-OH is 1. The Morgan fingerprint density at radius 3 is 2.58 bits per heavy atom. The van der Waals surface area contributed by atoms with Gasteiger partial charge in [-0.15, -0.1) is 11.6 Å². The van der Waals surface area contributed by atoms with Crippen molar-refractivity contribution in [2.45, 2.75) is 81.3 Å². The van der Waals surface area contributed by atoms with Crippen molar-refractivity contribution in [1.29, 1.82) is 0 Å². The summed E-state index contributed by atoms with van der Waals surface area (Å²) in [5, 5.41) is 16.5. The molecule has 1 aliphatic heterocycles. The highest BCUT2D eigenvalue weighted by atomic mass is 35.5. The Balaban J connectivity index is 1.43. The zero-order valence-corrected chi connectivity index (χ0v) is 25.9. The molecule has 14 nitrogen and oxygen atoms in total. The van der Waals surface area contributed by atoms with Crippen molar-refractivity contribution in [3.05, 3.63) is 36.7 Å². The molecule has 1 saturated carbocycles. The van der Waals surface area contributed by atoms with Crippen LogP contribution in [0.2, 0.25) is 0 Å². The summed E-state index contributed by atoms with van der Waals surface area (Å²) in [5.74, 6) is -0.751. The summed E-state index contributed by atoms with van der Waals surface area (Å²) in [4.78, 5) is 21.3. The van der Waals surface area contributed by atoms with Crippen molar-refractivity contribution in [3.63, 3.8) is 0 Å². The first-order valence-corrected chi connectivity index (χ1v) is 15.9. The van der Waals surface area contributed by atoms with Crippen LogP contribution in [0.5, 0.6) is 5.75 Å². The minimum absolute atomic E-state index is 0.0586. The molecule has 0 spiro atoms. The van der Waals surface area contributed by atoms with Gasteiger partial charge in [0.15, 0.2) is 23.2 Å². The molecule has 3 aromatic rings. The molecule has 19 heteroatoms. The van der Waals surface area contributed by atoms with E-state index in [0.717, 1.165) is 23.7 Å². The van der Waals surface area contributed by atoms with E-state index in [1.807, 2.05) is 0 Å². The Hall–Kier alpha value is -3.21. The number of aromatic nitrogens is 4. The highest BCUT2D eigenvalue weighted by Gasteiger charge is 2.71. The summed E-state index contributed by atoms with van der Waals surface area (Å²) < 4.78 is 80.4. The number of nitrogen functional groups attached to an aromatic ring is 1. The van der Waals surface area contributed by atoms with Gasteiger partial charge in [-0.25, -0.2) is 9.55 Å². The Labute approximate surface area is 260 Å². The minimum Gasteiger partial charge on any atom is -0.462 e. The number of hydrogen-bond acceptors (Lipinski definition) is 12. The van der Waals surface area contributed by atoms with E-state index in [2.05, 4.69) is 25.4 Å². The number of benzene rings is 1. The molecule has 0 bridgehead atoms. The first-order chi connectivity index (χ1) is 21.1. The summed E-state index contributed by atoms with van der Waals surface area (Å²) >= 11 is 6.21. The van der Waals surface area contributed by atoms with Gasteiger partial charge >= 0.3 is 19.9 Å². The number of halogens is 4. The molecule has 45 heavy (non-hydrogen) atoms. The molecule has 0 amide bonds. The van der Waals surface area contributed by atoms with E-state index >= 15 is 0 Å². The smallest absolute Gasteiger partial charge is 0.459 e. The average molecular weight is 678 g/mol. The monoisotopic (exact) mass is 677 g/mol. The first-order valence-electron chi connectivity index (χ1n) is 13.9. The third-order valence-corrected chi connectivity index (χ3v) is 9.19. The number of imidazole rings is 1. The maximum atomic E-state index is 14.6. The second kappa shape index (κ2) is 12.5. The number of fused-ring (bicyclic) bond motifs is 1. The van der Waals surface area contributed by atoms with E-state index in [-0.39, 0.29) is 34.7 Å². The molecule has 1 aliphatic carbocycles. The maximum Gasteiger partial charge on any atom is 0.459 e. The summed E-state index contributed by atoms with van der Waals surface area (Å²) in [6, 6.07) is 6.59. The fourth-order valence-corrected chi connectivity index (χ4v) is 6.39. The van der Waals surface area contributed by atoms with Gasteiger partial charge in [-0.1, -0.05) is 18.2 Å². The normalized spacial score (nSPS) is 25.7. The third-order valence-electron chi connectivity index (χ3n) is 6.92. The van der Waals surface area contributed by atoms with Gasteiger partial charge in [0, 0.05) is 6.04 Å². The van der Waals surface area contributed by atoms with Gasteiger partial charge in [-0.3, -0.25) is 13.9 Å². The van der Waals surface area contributed by atoms with Crippen molar-refractivity contribution in [2.75, 3.05) is 17.7 Å². The Bertz CT molecular complexity index is 1580. The Morgan fingerprint density at radius 2 is 1.96 bits per heavy atom. The zero-order valence-electron chi connectivity index (χ0n) is 24.3. The lowest BCUT2D eigenvalue weighted by atomic mass is 9.98. The van der Waals surface area contributed by atoms with Crippen LogP contribution in [0.25, 0.3) is 11.2 Å². The van der Waals surface area contributed by atoms with Crippen LogP contribution < -0.4 is 20.7 Å². The van der Waals surface area contributed by atoms with Crippen molar-refractivity contribution >= 4 is 48.2 Å². The summed E-state index contributed by atoms with van der Waals surface area (Å²) in [5.41, 5.74) is 5.83. The highest BCUT2D eigenvalue weighted by Crippen LogP contribution is 2.55. The van der Waals surface area contributed by atoms with Gasteiger partial charge in [0.05, 0.1) is 19.0 Å². The van der Waals surface area contributed by atoms with E-state index in [9.17, 15) is 27.6 Å². The van der Waals surface area contributed by atoms with E-state index < -0.39 is 62.0 Å². The van der Waals surface area contributed by atoms with Crippen LogP contribution in [-0.4, -0.2) is 78.6 Å². The van der Waals surface area contributed by atoms with Crippen LogP contribution in [-0.2, 0) is 23.4 Å². The Morgan fingerprint density at radius 1 is 1.27 bits per heavy atom. The second-order valence-electron chi connectivity index (χ2n) is 10.9. The van der Waals surface area contributed by atoms with Crippen molar-refractivity contribution in [2.24, 2.45) is 0 Å². The lowest BCUT2D eigenvalue weighted by Crippen LogP contribution is -2.53. The molecule has 5 rings (SSSR count). The zero-order chi connectivity index (χ0) is 32.7. The molecule has 2 fully saturated rings. The number of nitrogens with one attached hydrogen (secondary N) is 2. The molecular weight excluding hydrogens is 646 g/mol. The fourth-order valence-electron chi connectivity index (χ4n) is 4.59. The van der Waals surface area contributed by atoms with E-state index in [4.69, 9.17) is 35.9 Å². The van der Waals surface area contributed by atoms with Gasteiger partial charge in [0.25, 0.3) is 0 Å². The minimum atomic E-state index is -5.24. The largest absolute Gasteiger partial charge is 0.462 e. The van der Waals surface area contributed by atoms with E-state index in [1.54, 1.807) is 32.0 Å². The number of para-hydroxylation sites is 1. The number of aliphatic hydroxyl groups is 1. The fraction of sp³-hybridized carbons (Fsp3) is 0.538. The summed E-state index contributed by atoms with van der Waals surface area (Å²) in [6.07, 6.45) is -9.35. The standard InChI is InChI=1S/C26H32ClF3N7O7P/c1-13(2)42-22(39)14(3)36-45(40,44-16-7-5-4-6-8-16)41-11-17-19(38)25(27,26(28,29)30)23(43-17)37-12-32-18-20(33-15-9-10-15)34-24(31)35-21(18)37/h4-8,12-15,17,19,23,38H,9-11H2,1-3H3,(H,36,40)(H3,31,33,34,35)/t14-,17+,19+,23+,25+,45-/m0/s1. The SMILES string of the molecule is CC(C)OC(=O)[C@H](C)N[P@](=O)(OC[C@H]1O[C@@H](n2cnc3c(NC4CC4)nc(N)nc32)[C@@](Cl)(C(F)(F)F)[C@@H]1O)Oc1ccccc1. The van der Waals surface area contributed by atoms with Crippen LogP contribution in [0.4, 0.5) is 24.9 Å². The summed E-state index contributed by atoms with van der Waals surface area (Å²) in [6.45, 7) is 3.65. The predicted molar refractivity (Wildman–Crippen MR) is 155 cm³/mol. The van der Waals surface area contributed by atoms with Gasteiger partial charge in [-0.05, 0) is 45.7 Å². The van der Waals surface area contributed by atoms with E-state index in [1.165, 1.54) is 19.1 Å². The van der Waals surface area contributed by atoms with Crippen LogP contribution in [0.15, 0.2) is 36.7 Å². The number of nitrogens with zero attached hydrogens (tertiary/aromatic N) is 4. The van der Waals surface area contributed by atoms with Crippen LogP contribution in [0, 0.1) is 0 Å². The molecule has 0 radical (unpaired) electrons. The Kier molecular flexibility index (Phi) is 9.23. The average Bonchev–Trinajstić information content (AvgIpc) is 3.61. The van der Waals surface area contributed by atoms with Crippen molar-refractivity contribution in [1.82, 2.24) is 24.6 Å². The van der Waals surface area contributed by atoms with Gasteiger partial charge in [0.1, 0.15) is 24.0 Å². The van der Waals surface area contributed by atoms with Gasteiger partial charge in [-0.2, -0.15) is 28.2 Å². The predicted octanol–water partition coefficient (Wildman–Crippen LogP) is 3.91. The number of nitrogens with two attached hydrogens (primary N) is 1. The number of esters is 1. The molecule has 5 N–H and O–H groups in total. The number of hydrogen-bond donors (Lipinski definition) is 4. The number of carbonyl (C=O) groups excluding carboxylic acids is 1. The lowest BCUT2D eigenvalue weighted by Gasteiger charge is -2.32. The number of alkyl halides is 4. The van der Waals surface area contributed by atoms with Crippen LogP contribution in [0.1, 0.15) is 39.8 Å². The molecule has 246 valence electrons. The molecule has 6 atom stereocenters. The van der Waals surface area contributed by atoms with Crippen molar-refractivity contribution < 1.29 is 46.2 Å². The third kappa shape index (κ3) is 6.98. The topological polar surface area (TPSA) is 185 Å².